The first-order valence-corrected chi connectivity index (χ1v) is 7.74. The Morgan fingerprint density at radius 3 is 0.905 bits per heavy atom. The number of hydrogen-bond donors (Lipinski definition) is 0. The van der Waals surface area contributed by atoms with Crippen LogP contribution in [0.5, 0.6) is 0 Å². The SMILES string of the molecule is [Co].[Ru].c1ccc(P(c2ccccc2)c2ccccc2)cc1. The van der Waals surface area contributed by atoms with Crippen molar-refractivity contribution in [2.75, 3.05) is 0 Å². The molecule has 3 aromatic carbocycles. The number of benzene rings is 3. The molecule has 0 heterocycles. The van der Waals surface area contributed by atoms with Gasteiger partial charge in [-0.1, -0.05) is 91.0 Å². The van der Waals surface area contributed by atoms with Gasteiger partial charge in [0.25, 0.3) is 0 Å². The van der Waals surface area contributed by atoms with Gasteiger partial charge in [-0.2, -0.15) is 0 Å². The Morgan fingerprint density at radius 2 is 0.667 bits per heavy atom. The van der Waals surface area contributed by atoms with E-state index in [4.69, 9.17) is 0 Å². The second-order valence-electron chi connectivity index (χ2n) is 4.34. The summed E-state index contributed by atoms with van der Waals surface area (Å²) in [5.41, 5.74) is 0. The summed E-state index contributed by atoms with van der Waals surface area (Å²) in [6.45, 7) is 0. The summed E-state index contributed by atoms with van der Waals surface area (Å²) in [6, 6.07) is 32.3. The predicted molar refractivity (Wildman–Crippen MR) is 85.1 cm³/mol. The molecule has 0 aliphatic rings. The van der Waals surface area contributed by atoms with Crippen LogP contribution in [-0.2, 0) is 36.3 Å². The molecule has 0 fully saturated rings. The summed E-state index contributed by atoms with van der Waals surface area (Å²) < 4.78 is 0. The van der Waals surface area contributed by atoms with Crippen molar-refractivity contribution in [3.63, 3.8) is 0 Å². The van der Waals surface area contributed by atoms with Gasteiger partial charge in [-0.25, -0.2) is 0 Å². The summed E-state index contributed by atoms with van der Waals surface area (Å²) in [6.07, 6.45) is 0. The van der Waals surface area contributed by atoms with Gasteiger partial charge >= 0.3 is 0 Å². The van der Waals surface area contributed by atoms with Crippen molar-refractivity contribution in [3.8, 4) is 0 Å². The molecule has 0 N–H and O–H groups in total. The predicted octanol–water partition coefficient (Wildman–Crippen LogP) is 3.44. The smallest absolute Gasteiger partial charge is 0 e. The first-order chi connectivity index (χ1) is 9.45. The van der Waals surface area contributed by atoms with Gasteiger partial charge < -0.3 is 0 Å². The van der Waals surface area contributed by atoms with E-state index in [0.717, 1.165) is 0 Å². The Labute approximate surface area is 150 Å². The van der Waals surface area contributed by atoms with Crippen LogP contribution in [0.2, 0.25) is 0 Å². The largest absolute Gasteiger partial charge is 0.0622 e. The molecule has 0 unspecified atom stereocenters. The normalized spacial score (nSPS) is 9.57. The van der Waals surface area contributed by atoms with Crippen LogP contribution in [0.3, 0.4) is 0 Å². The number of hydrogen-bond acceptors (Lipinski definition) is 0. The second kappa shape index (κ2) is 9.28. The maximum absolute atomic E-state index is 2.23. The fraction of sp³-hybridized carbons (Fsp3) is 0. The molecule has 0 aliphatic carbocycles. The zero-order chi connectivity index (χ0) is 12.9. The number of rotatable bonds is 3. The molecule has 1 radical (unpaired) electrons. The Morgan fingerprint density at radius 1 is 0.429 bits per heavy atom. The summed E-state index contributed by atoms with van der Waals surface area (Å²) in [7, 11) is -0.446. The molecule has 109 valence electrons. The third-order valence-corrected chi connectivity index (χ3v) is 5.49. The van der Waals surface area contributed by atoms with Crippen LogP contribution in [0.25, 0.3) is 0 Å². The summed E-state index contributed by atoms with van der Waals surface area (Å²) >= 11 is 0. The molecule has 0 saturated carbocycles. The van der Waals surface area contributed by atoms with E-state index in [-0.39, 0.29) is 36.3 Å². The van der Waals surface area contributed by atoms with Crippen molar-refractivity contribution in [3.05, 3.63) is 91.0 Å². The molecule has 0 saturated heterocycles. The van der Waals surface area contributed by atoms with E-state index in [1.807, 2.05) is 0 Å². The monoisotopic (exact) mass is 423 g/mol. The van der Waals surface area contributed by atoms with Crippen molar-refractivity contribution in [2.24, 2.45) is 0 Å². The van der Waals surface area contributed by atoms with Crippen LogP contribution in [0.15, 0.2) is 91.0 Å². The molecule has 0 spiro atoms. The zero-order valence-corrected chi connectivity index (χ0v) is 15.0. The van der Waals surface area contributed by atoms with Gasteiger partial charge in [-0.05, 0) is 23.8 Å². The first-order valence-electron chi connectivity index (χ1n) is 6.40. The van der Waals surface area contributed by atoms with Crippen molar-refractivity contribution in [1.82, 2.24) is 0 Å². The van der Waals surface area contributed by atoms with Crippen molar-refractivity contribution < 1.29 is 36.3 Å². The first kappa shape index (κ1) is 18.3. The van der Waals surface area contributed by atoms with E-state index < -0.39 is 7.92 Å². The zero-order valence-electron chi connectivity index (χ0n) is 11.3. The molecular weight excluding hydrogens is 407 g/mol. The van der Waals surface area contributed by atoms with Crippen LogP contribution >= 0.6 is 7.92 Å². The van der Waals surface area contributed by atoms with Crippen LogP contribution < -0.4 is 15.9 Å². The molecule has 3 aromatic rings. The molecule has 3 rings (SSSR count). The quantitative estimate of drug-likeness (QED) is 0.448. The summed E-state index contributed by atoms with van der Waals surface area (Å²) in [5, 5.41) is 4.19. The minimum Gasteiger partial charge on any atom is -0.0622 e. The van der Waals surface area contributed by atoms with E-state index in [2.05, 4.69) is 91.0 Å². The average Bonchev–Trinajstić information content (AvgIpc) is 2.51. The molecule has 0 aromatic heterocycles. The molecule has 0 nitrogen and oxygen atoms in total. The Balaban J connectivity index is 0.00000110. The van der Waals surface area contributed by atoms with Gasteiger partial charge in [0, 0.05) is 36.3 Å². The van der Waals surface area contributed by atoms with Crippen molar-refractivity contribution in [2.45, 2.75) is 0 Å². The van der Waals surface area contributed by atoms with Gasteiger partial charge in [0.1, 0.15) is 0 Å². The van der Waals surface area contributed by atoms with E-state index in [0.29, 0.717) is 0 Å². The fourth-order valence-electron chi connectivity index (χ4n) is 2.18. The molecule has 0 bridgehead atoms. The van der Waals surface area contributed by atoms with Gasteiger partial charge in [-0.3, -0.25) is 0 Å². The van der Waals surface area contributed by atoms with Crippen LogP contribution in [0.4, 0.5) is 0 Å². The molecule has 0 aliphatic heterocycles. The Hall–Kier alpha value is -0.780. The van der Waals surface area contributed by atoms with Crippen LogP contribution in [-0.4, -0.2) is 0 Å². The van der Waals surface area contributed by atoms with Crippen LogP contribution in [0, 0.1) is 0 Å². The van der Waals surface area contributed by atoms with Crippen molar-refractivity contribution >= 4 is 23.8 Å². The average molecular weight is 422 g/mol. The maximum Gasteiger partial charge on any atom is 0 e. The molecular formula is C18H15CoPRu. The third kappa shape index (κ3) is 4.59. The molecule has 0 atom stereocenters. The Bertz CT molecular complexity index is 535. The standard InChI is InChI=1S/C18H15P.Co.Ru/c1-4-10-16(11-5-1)19(17-12-6-2-7-13-17)18-14-8-3-9-15-18;;/h1-15H;;. The van der Waals surface area contributed by atoms with Crippen LogP contribution in [0.1, 0.15) is 0 Å². The topological polar surface area (TPSA) is 0 Å². The third-order valence-electron chi connectivity index (χ3n) is 3.04. The van der Waals surface area contributed by atoms with Gasteiger partial charge in [0.05, 0.1) is 0 Å². The summed E-state index contributed by atoms with van der Waals surface area (Å²) in [4.78, 5) is 0. The Kier molecular flexibility index (Phi) is 8.07. The van der Waals surface area contributed by atoms with Gasteiger partial charge in [0.15, 0.2) is 0 Å². The van der Waals surface area contributed by atoms with E-state index in [9.17, 15) is 0 Å². The van der Waals surface area contributed by atoms with Gasteiger partial charge in [-0.15, -0.1) is 0 Å². The minimum atomic E-state index is -0.446. The molecule has 21 heavy (non-hydrogen) atoms. The van der Waals surface area contributed by atoms with E-state index in [1.165, 1.54) is 15.9 Å². The summed E-state index contributed by atoms with van der Waals surface area (Å²) in [5.74, 6) is 0. The fourth-order valence-corrected chi connectivity index (χ4v) is 4.48. The molecule has 0 amide bonds. The van der Waals surface area contributed by atoms with E-state index >= 15 is 0 Å². The van der Waals surface area contributed by atoms with Gasteiger partial charge in [0.2, 0.25) is 0 Å². The molecule has 3 heteroatoms. The second-order valence-corrected chi connectivity index (χ2v) is 6.56. The maximum atomic E-state index is 2.23. The van der Waals surface area contributed by atoms with Crippen molar-refractivity contribution in [1.29, 1.82) is 0 Å². The van der Waals surface area contributed by atoms with E-state index in [1.54, 1.807) is 0 Å². The minimum absolute atomic E-state index is 0.